The maximum absolute atomic E-state index is 5.16. The van der Waals surface area contributed by atoms with Crippen molar-refractivity contribution in [3.05, 3.63) is 60.7 Å². The molecular formula is C13H13NOS. The molecule has 0 aliphatic rings. The van der Waals surface area contributed by atoms with Crippen LogP contribution in [-0.4, -0.2) is 7.11 Å². The number of para-hydroxylation sites is 2. The van der Waals surface area contributed by atoms with Crippen molar-refractivity contribution < 1.29 is 4.18 Å². The largest absolute Gasteiger partial charge is 0.300 e. The van der Waals surface area contributed by atoms with E-state index in [0.717, 1.165) is 11.4 Å². The molecule has 0 bridgehead atoms. The molecule has 0 aromatic heterocycles. The third kappa shape index (κ3) is 2.56. The van der Waals surface area contributed by atoms with Crippen LogP contribution in [0.1, 0.15) is 0 Å². The van der Waals surface area contributed by atoms with Crippen LogP contribution in [-0.2, 0) is 4.18 Å². The molecule has 3 heteroatoms. The van der Waals surface area contributed by atoms with Gasteiger partial charge in [0.05, 0.1) is 18.5 Å². The molecule has 0 aliphatic carbocycles. The minimum Gasteiger partial charge on any atom is -0.300 e. The first-order valence-corrected chi connectivity index (χ1v) is 5.72. The lowest BCUT2D eigenvalue weighted by molar-refractivity contribution is 0.490. The zero-order valence-electron chi connectivity index (χ0n) is 9.04. The van der Waals surface area contributed by atoms with E-state index in [1.807, 2.05) is 40.7 Å². The standard InChI is InChI=1S/C13H13NOS/c1-15-16-14(12-8-4-2-5-9-12)13-10-6-3-7-11-13/h2-11H,1H3. The normalized spacial score (nSPS) is 10.1. The molecule has 16 heavy (non-hydrogen) atoms. The summed E-state index contributed by atoms with van der Waals surface area (Å²) in [6, 6.07) is 20.3. The summed E-state index contributed by atoms with van der Waals surface area (Å²) in [4.78, 5) is 0. The molecule has 0 amide bonds. The Kier molecular flexibility index (Phi) is 3.86. The van der Waals surface area contributed by atoms with Crippen LogP contribution in [0.4, 0.5) is 11.4 Å². The van der Waals surface area contributed by atoms with Gasteiger partial charge in [0.2, 0.25) is 0 Å². The number of nitrogens with zero attached hydrogens (tertiary/aromatic N) is 1. The Balaban J connectivity index is 2.31. The van der Waals surface area contributed by atoms with E-state index in [0.29, 0.717) is 0 Å². The molecular weight excluding hydrogens is 218 g/mol. The predicted octanol–water partition coefficient (Wildman–Crippen LogP) is 4.03. The third-order valence-electron chi connectivity index (χ3n) is 2.13. The number of benzene rings is 2. The zero-order valence-corrected chi connectivity index (χ0v) is 9.85. The molecule has 2 aromatic rings. The summed E-state index contributed by atoms with van der Waals surface area (Å²) in [5.74, 6) is 0. The van der Waals surface area contributed by atoms with E-state index in [1.54, 1.807) is 7.11 Å². The van der Waals surface area contributed by atoms with Crippen LogP contribution in [0.2, 0.25) is 0 Å². The minimum atomic E-state index is 1.10. The molecule has 0 radical (unpaired) electrons. The molecule has 0 saturated heterocycles. The summed E-state index contributed by atoms with van der Waals surface area (Å²) >= 11 is 1.32. The van der Waals surface area contributed by atoms with E-state index >= 15 is 0 Å². The monoisotopic (exact) mass is 231 g/mol. The lowest BCUT2D eigenvalue weighted by atomic mass is 10.3. The van der Waals surface area contributed by atoms with Crippen molar-refractivity contribution >= 4 is 23.6 Å². The van der Waals surface area contributed by atoms with Gasteiger partial charge in [0.15, 0.2) is 0 Å². The van der Waals surface area contributed by atoms with Gasteiger partial charge in [0.25, 0.3) is 0 Å². The van der Waals surface area contributed by atoms with Gasteiger partial charge >= 0.3 is 0 Å². The molecule has 2 aromatic carbocycles. The van der Waals surface area contributed by atoms with E-state index < -0.39 is 0 Å². The van der Waals surface area contributed by atoms with Crippen molar-refractivity contribution in [2.45, 2.75) is 0 Å². The van der Waals surface area contributed by atoms with Gasteiger partial charge < -0.3 is 0 Å². The fraction of sp³-hybridized carbons (Fsp3) is 0.0769. The van der Waals surface area contributed by atoms with Crippen LogP contribution in [0, 0.1) is 0 Å². The van der Waals surface area contributed by atoms with E-state index in [4.69, 9.17) is 4.18 Å². The van der Waals surface area contributed by atoms with Crippen LogP contribution < -0.4 is 4.31 Å². The predicted molar refractivity (Wildman–Crippen MR) is 69.6 cm³/mol. The van der Waals surface area contributed by atoms with Crippen molar-refractivity contribution in [1.82, 2.24) is 0 Å². The molecule has 0 atom stereocenters. The van der Waals surface area contributed by atoms with Crippen LogP contribution in [0.25, 0.3) is 0 Å². The van der Waals surface area contributed by atoms with Crippen LogP contribution in [0.15, 0.2) is 60.7 Å². The first kappa shape index (κ1) is 11.0. The number of rotatable bonds is 4. The van der Waals surface area contributed by atoms with Gasteiger partial charge in [-0.1, -0.05) is 36.4 Å². The molecule has 0 saturated carbocycles. The highest BCUT2D eigenvalue weighted by molar-refractivity contribution is 7.96. The first-order valence-electron chi connectivity index (χ1n) is 5.03. The summed E-state index contributed by atoms with van der Waals surface area (Å²) in [7, 11) is 1.67. The van der Waals surface area contributed by atoms with E-state index in [2.05, 4.69) is 24.3 Å². The zero-order chi connectivity index (χ0) is 11.2. The molecule has 82 valence electrons. The second-order valence-corrected chi connectivity index (χ2v) is 4.05. The maximum atomic E-state index is 5.16. The second-order valence-electron chi connectivity index (χ2n) is 3.21. The van der Waals surface area contributed by atoms with Crippen molar-refractivity contribution in [2.24, 2.45) is 0 Å². The Labute approximate surface area is 100 Å². The highest BCUT2D eigenvalue weighted by Crippen LogP contribution is 2.31. The summed E-state index contributed by atoms with van der Waals surface area (Å²) in [5.41, 5.74) is 2.20. The maximum Gasteiger partial charge on any atom is 0.119 e. The summed E-state index contributed by atoms with van der Waals surface area (Å²) in [6.45, 7) is 0. The second kappa shape index (κ2) is 5.58. The molecule has 0 aliphatic heterocycles. The fourth-order valence-electron chi connectivity index (χ4n) is 1.44. The molecule has 2 rings (SSSR count). The Morgan fingerprint density at radius 2 is 1.25 bits per heavy atom. The average Bonchev–Trinajstić information content (AvgIpc) is 2.38. The SMILES string of the molecule is COSN(c1ccccc1)c1ccccc1. The fourth-order valence-corrected chi connectivity index (χ4v) is 2.00. The van der Waals surface area contributed by atoms with Gasteiger partial charge in [0.1, 0.15) is 12.2 Å². The van der Waals surface area contributed by atoms with Gasteiger partial charge in [0, 0.05) is 0 Å². The smallest absolute Gasteiger partial charge is 0.119 e. The molecule has 0 heterocycles. The number of hydrogen-bond donors (Lipinski definition) is 0. The van der Waals surface area contributed by atoms with Crippen molar-refractivity contribution in [3.63, 3.8) is 0 Å². The van der Waals surface area contributed by atoms with E-state index in [1.165, 1.54) is 12.2 Å². The van der Waals surface area contributed by atoms with Crippen molar-refractivity contribution in [3.8, 4) is 0 Å². The van der Waals surface area contributed by atoms with Gasteiger partial charge in [-0.05, 0) is 24.3 Å². The Bertz CT molecular complexity index is 379. The van der Waals surface area contributed by atoms with Crippen molar-refractivity contribution in [2.75, 3.05) is 11.4 Å². The topological polar surface area (TPSA) is 12.5 Å². The van der Waals surface area contributed by atoms with Crippen LogP contribution in [0.3, 0.4) is 0 Å². The van der Waals surface area contributed by atoms with Gasteiger partial charge in [-0.3, -0.25) is 8.49 Å². The van der Waals surface area contributed by atoms with E-state index in [-0.39, 0.29) is 0 Å². The summed E-state index contributed by atoms with van der Waals surface area (Å²) in [6.07, 6.45) is 0. The molecule has 0 N–H and O–H groups in total. The van der Waals surface area contributed by atoms with Crippen molar-refractivity contribution in [1.29, 1.82) is 0 Å². The van der Waals surface area contributed by atoms with Crippen LogP contribution >= 0.6 is 12.2 Å². The summed E-state index contributed by atoms with van der Waals surface area (Å²) < 4.78 is 7.20. The molecule has 0 spiro atoms. The van der Waals surface area contributed by atoms with Gasteiger partial charge in [-0.25, -0.2) is 0 Å². The first-order chi connectivity index (χ1) is 7.92. The number of hydrogen-bond acceptors (Lipinski definition) is 3. The lowest BCUT2D eigenvalue weighted by Crippen LogP contribution is -2.06. The highest BCUT2D eigenvalue weighted by Gasteiger charge is 2.08. The summed E-state index contributed by atoms with van der Waals surface area (Å²) in [5, 5.41) is 0. The van der Waals surface area contributed by atoms with Gasteiger partial charge in [-0.15, -0.1) is 0 Å². The Morgan fingerprint density at radius 1 is 0.812 bits per heavy atom. The molecule has 2 nitrogen and oxygen atoms in total. The third-order valence-corrected chi connectivity index (χ3v) is 2.85. The van der Waals surface area contributed by atoms with Gasteiger partial charge in [-0.2, -0.15) is 0 Å². The average molecular weight is 231 g/mol. The molecule has 0 unspecified atom stereocenters. The quantitative estimate of drug-likeness (QED) is 0.582. The number of anilines is 2. The molecule has 0 fully saturated rings. The minimum absolute atomic E-state index is 1.10. The van der Waals surface area contributed by atoms with E-state index in [9.17, 15) is 0 Å². The Morgan fingerprint density at radius 3 is 1.62 bits per heavy atom. The van der Waals surface area contributed by atoms with Crippen LogP contribution in [0.5, 0.6) is 0 Å². The Hall–Kier alpha value is -1.45. The highest BCUT2D eigenvalue weighted by atomic mass is 32.2. The lowest BCUT2D eigenvalue weighted by Gasteiger charge is -2.21.